The second kappa shape index (κ2) is 10.9. The van der Waals surface area contributed by atoms with Gasteiger partial charge in [-0.15, -0.1) is 0 Å². The topological polar surface area (TPSA) is 89.2 Å². The van der Waals surface area contributed by atoms with Crippen molar-refractivity contribution in [2.45, 2.75) is 43.6 Å². The molecule has 7 nitrogen and oxygen atoms in total. The fourth-order valence-corrected chi connectivity index (χ4v) is 7.64. The quantitative estimate of drug-likeness (QED) is 0.415. The van der Waals surface area contributed by atoms with Gasteiger partial charge in [0.15, 0.2) is 0 Å². The number of likely N-dealkylation sites (tertiary alicyclic amines) is 1. The number of rotatable bonds is 7. The van der Waals surface area contributed by atoms with Crippen LogP contribution in [0.2, 0.25) is 0 Å². The van der Waals surface area contributed by atoms with Gasteiger partial charge >= 0.3 is 5.76 Å². The summed E-state index contributed by atoms with van der Waals surface area (Å²) < 4.78 is 21.3. The average Bonchev–Trinajstić information content (AvgIpc) is 3.61. The number of oxazole rings is 1. The fourth-order valence-electron chi connectivity index (χ4n) is 7.64. The maximum atomic E-state index is 14.6. The van der Waals surface area contributed by atoms with Crippen LogP contribution in [0, 0.1) is 46.2 Å². The Balaban J connectivity index is 1.17. The predicted molar refractivity (Wildman–Crippen MR) is 149 cm³/mol. The first-order valence-electron chi connectivity index (χ1n) is 14.3. The van der Waals surface area contributed by atoms with Crippen LogP contribution in [0.15, 0.2) is 70.2 Å². The fraction of sp³-hybridized carbons (Fsp3) is 0.469. The Morgan fingerprint density at radius 2 is 1.80 bits per heavy atom. The lowest BCUT2D eigenvalue weighted by atomic mass is 9.59. The van der Waals surface area contributed by atoms with Gasteiger partial charge in [0.1, 0.15) is 12.1 Å². The van der Waals surface area contributed by atoms with Crippen molar-refractivity contribution in [2.75, 3.05) is 37.6 Å². The van der Waals surface area contributed by atoms with Crippen molar-refractivity contribution in [2.24, 2.45) is 17.8 Å². The number of hydrogen-bond donors (Lipinski definition) is 0. The van der Waals surface area contributed by atoms with Crippen LogP contribution in [0.4, 0.5) is 10.1 Å². The van der Waals surface area contributed by atoms with Crippen molar-refractivity contribution in [3.8, 4) is 12.1 Å². The number of piperidine rings is 1. The van der Waals surface area contributed by atoms with E-state index in [-0.39, 0.29) is 23.7 Å². The van der Waals surface area contributed by atoms with Crippen LogP contribution in [0.25, 0.3) is 0 Å². The van der Waals surface area contributed by atoms with Gasteiger partial charge in [0, 0.05) is 49.4 Å². The van der Waals surface area contributed by atoms with Crippen LogP contribution in [0.5, 0.6) is 0 Å². The molecule has 0 radical (unpaired) electrons. The number of halogens is 1. The number of aromatic nitrogens is 1. The van der Waals surface area contributed by atoms with E-state index in [0.29, 0.717) is 11.5 Å². The summed E-state index contributed by atoms with van der Waals surface area (Å²) in [5.74, 6) is -0.169. The molecule has 0 unspecified atom stereocenters. The third-order valence-corrected chi connectivity index (χ3v) is 9.58. The smallest absolute Gasteiger partial charge is 0.416 e. The Hall–Kier alpha value is -3.88. The van der Waals surface area contributed by atoms with Gasteiger partial charge in [-0.05, 0) is 86.7 Å². The van der Waals surface area contributed by atoms with E-state index in [1.54, 1.807) is 16.8 Å². The van der Waals surface area contributed by atoms with Gasteiger partial charge in [-0.25, -0.2) is 9.18 Å². The third-order valence-electron chi connectivity index (χ3n) is 9.58. The molecule has 3 heterocycles. The Labute approximate surface area is 234 Å². The van der Waals surface area contributed by atoms with Crippen LogP contribution in [-0.4, -0.2) is 42.2 Å². The molecular formula is C32H34FN5O2. The van der Waals surface area contributed by atoms with Gasteiger partial charge in [-0.3, -0.25) is 4.57 Å². The minimum absolute atomic E-state index is 0.0697. The zero-order valence-electron chi connectivity index (χ0n) is 22.6. The second-order valence-corrected chi connectivity index (χ2v) is 11.7. The molecule has 1 aliphatic carbocycles. The average molecular weight is 540 g/mol. The van der Waals surface area contributed by atoms with E-state index in [0.717, 1.165) is 76.1 Å². The van der Waals surface area contributed by atoms with E-state index >= 15 is 0 Å². The monoisotopic (exact) mass is 539 g/mol. The van der Waals surface area contributed by atoms with E-state index in [2.05, 4.69) is 21.9 Å². The highest BCUT2D eigenvalue weighted by Crippen LogP contribution is 2.53. The largest absolute Gasteiger partial charge is 0.419 e. The SMILES string of the molecule is N#Cc1ccc(N2CC(CN3CCC([C@@](C#N)(c4cccc(F)c4)[C@H]4CCC[C@@H]4n4ccoc4=O)CC3)C2)cc1. The van der Waals surface area contributed by atoms with Gasteiger partial charge < -0.3 is 14.2 Å². The van der Waals surface area contributed by atoms with Crippen LogP contribution in [0.1, 0.15) is 49.3 Å². The molecule has 0 N–H and O–H groups in total. The molecule has 3 fully saturated rings. The molecule has 3 atom stereocenters. The van der Waals surface area contributed by atoms with E-state index in [9.17, 15) is 14.4 Å². The normalized spacial score (nSPS) is 23.7. The lowest BCUT2D eigenvalue weighted by molar-refractivity contribution is 0.0910. The summed E-state index contributed by atoms with van der Waals surface area (Å²) in [7, 11) is 0. The molecule has 40 heavy (non-hydrogen) atoms. The molecule has 0 bridgehead atoms. The van der Waals surface area contributed by atoms with Crippen LogP contribution in [-0.2, 0) is 5.41 Å². The van der Waals surface area contributed by atoms with E-state index in [1.165, 1.54) is 18.4 Å². The van der Waals surface area contributed by atoms with Gasteiger partial charge in [0.25, 0.3) is 0 Å². The highest BCUT2D eigenvalue weighted by Gasteiger charge is 2.53. The first-order valence-corrected chi connectivity index (χ1v) is 14.3. The summed E-state index contributed by atoms with van der Waals surface area (Å²) in [6.45, 7) is 4.83. The van der Waals surface area contributed by atoms with Gasteiger partial charge in [0.2, 0.25) is 0 Å². The molecule has 2 saturated heterocycles. The maximum Gasteiger partial charge on any atom is 0.419 e. The number of nitriles is 2. The maximum absolute atomic E-state index is 14.6. The molecule has 6 rings (SSSR count). The van der Waals surface area contributed by atoms with Crippen LogP contribution >= 0.6 is 0 Å². The highest BCUT2D eigenvalue weighted by atomic mass is 19.1. The molecule has 2 aromatic carbocycles. The molecule has 2 aliphatic heterocycles. The summed E-state index contributed by atoms with van der Waals surface area (Å²) in [6, 6.07) is 19.1. The number of nitrogens with zero attached hydrogens (tertiary/aromatic N) is 5. The standard InChI is InChI=1S/C32H34FN5O2/c33-27-4-1-3-26(17-27)32(22-35,29-5-2-6-30(29)38-15-16-40-31(38)39)25-11-13-36(14-12-25)19-24-20-37(21-24)28-9-7-23(18-34)8-10-28/h1,3-4,7-10,15-17,24-25,29-30H,2,5-6,11-14,19-21H2/t29-,30-,32-/m0/s1. The summed E-state index contributed by atoms with van der Waals surface area (Å²) in [5, 5.41) is 20.0. The van der Waals surface area contributed by atoms with Crippen molar-refractivity contribution in [1.29, 1.82) is 10.5 Å². The van der Waals surface area contributed by atoms with Gasteiger partial charge in [-0.2, -0.15) is 10.5 Å². The Morgan fingerprint density at radius 1 is 1.02 bits per heavy atom. The molecule has 1 aromatic heterocycles. The Bertz CT molecular complexity index is 1470. The Kier molecular flexibility index (Phi) is 7.21. The number of benzene rings is 2. The van der Waals surface area contributed by atoms with E-state index in [1.807, 2.05) is 30.3 Å². The predicted octanol–water partition coefficient (Wildman–Crippen LogP) is 5.10. The van der Waals surface area contributed by atoms with E-state index in [4.69, 9.17) is 9.68 Å². The second-order valence-electron chi connectivity index (χ2n) is 11.7. The minimum atomic E-state index is -0.880. The van der Waals surface area contributed by atoms with Crippen molar-refractivity contribution in [3.05, 3.63) is 88.5 Å². The Morgan fingerprint density at radius 3 is 2.45 bits per heavy atom. The molecule has 3 aliphatic rings. The zero-order chi connectivity index (χ0) is 27.7. The molecule has 8 heteroatoms. The first-order chi connectivity index (χ1) is 19.5. The molecular weight excluding hydrogens is 505 g/mol. The molecule has 1 saturated carbocycles. The highest BCUT2D eigenvalue weighted by molar-refractivity contribution is 5.51. The van der Waals surface area contributed by atoms with Crippen molar-refractivity contribution < 1.29 is 8.81 Å². The van der Waals surface area contributed by atoms with Crippen molar-refractivity contribution in [1.82, 2.24) is 9.47 Å². The zero-order valence-corrected chi connectivity index (χ0v) is 22.6. The molecule has 206 valence electrons. The molecule has 0 spiro atoms. The summed E-state index contributed by atoms with van der Waals surface area (Å²) in [4.78, 5) is 17.3. The third kappa shape index (κ3) is 4.71. The van der Waals surface area contributed by atoms with Crippen molar-refractivity contribution >= 4 is 5.69 Å². The molecule has 0 amide bonds. The van der Waals surface area contributed by atoms with Gasteiger partial charge in [0.05, 0.1) is 23.1 Å². The van der Waals surface area contributed by atoms with Crippen LogP contribution < -0.4 is 10.7 Å². The lowest BCUT2D eigenvalue weighted by Crippen LogP contribution is -2.54. The van der Waals surface area contributed by atoms with Crippen LogP contribution in [0.3, 0.4) is 0 Å². The van der Waals surface area contributed by atoms with Gasteiger partial charge in [-0.1, -0.05) is 18.6 Å². The number of anilines is 1. The minimum Gasteiger partial charge on any atom is -0.416 e. The summed E-state index contributed by atoms with van der Waals surface area (Å²) in [5.41, 5.74) is 1.69. The summed E-state index contributed by atoms with van der Waals surface area (Å²) >= 11 is 0. The summed E-state index contributed by atoms with van der Waals surface area (Å²) in [6.07, 6.45) is 7.36. The first kappa shape index (κ1) is 26.3. The lowest BCUT2D eigenvalue weighted by Gasteiger charge is -2.48. The van der Waals surface area contributed by atoms with E-state index < -0.39 is 11.2 Å². The van der Waals surface area contributed by atoms with Crippen molar-refractivity contribution in [3.63, 3.8) is 0 Å². The number of hydrogen-bond acceptors (Lipinski definition) is 6. The molecule has 3 aromatic rings.